The number of ketones is 1. The fraction of sp³-hybridized carbons (Fsp3) is 0.214. The van der Waals surface area contributed by atoms with Crippen LogP contribution in [0.15, 0.2) is 36.5 Å². The van der Waals surface area contributed by atoms with E-state index in [0.717, 1.165) is 16.9 Å². The summed E-state index contributed by atoms with van der Waals surface area (Å²) in [5, 5.41) is 4.01. The molecule has 0 unspecified atom stereocenters. The lowest BCUT2D eigenvalue weighted by molar-refractivity contribution is 0.0981. The Hall–Kier alpha value is -2.43. The summed E-state index contributed by atoms with van der Waals surface area (Å²) in [6.45, 7) is 0. The predicted octanol–water partition coefficient (Wildman–Crippen LogP) is 1.73. The van der Waals surface area contributed by atoms with Gasteiger partial charge in [-0.15, -0.1) is 0 Å². The first-order valence-corrected chi connectivity index (χ1v) is 6.08. The Morgan fingerprint density at radius 2 is 2.00 bits per heavy atom. The summed E-state index contributed by atoms with van der Waals surface area (Å²) in [5.41, 5.74) is 2.56. The normalized spacial score (nSPS) is 11.1. The van der Waals surface area contributed by atoms with Crippen molar-refractivity contribution < 1.29 is 4.79 Å². The van der Waals surface area contributed by atoms with E-state index in [9.17, 15) is 4.79 Å². The Kier molecular flexibility index (Phi) is 2.67. The highest BCUT2D eigenvalue weighted by Crippen LogP contribution is 2.15. The first kappa shape index (κ1) is 11.6. The van der Waals surface area contributed by atoms with Crippen LogP contribution in [0.5, 0.6) is 0 Å². The monoisotopic (exact) mass is 254 g/mol. The molecule has 0 saturated heterocycles. The van der Waals surface area contributed by atoms with E-state index in [0.29, 0.717) is 5.69 Å². The third-order valence-corrected chi connectivity index (χ3v) is 3.31. The summed E-state index contributed by atoms with van der Waals surface area (Å²) in [6.07, 6.45) is 1.91. The Morgan fingerprint density at radius 3 is 2.68 bits per heavy atom. The lowest BCUT2D eigenvalue weighted by atomic mass is 10.2. The molecular formula is C14H14N4O. The minimum atomic E-state index is 0.0263. The number of hydrogen-bond donors (Lipinski definition) is 0. The maximum absolute atomic E-state index is 12.2. The largest absolute Gasteiger partial charge is 0.331 e. The Balaban J connectivity index is 1.96. The predicted molar refractivity (Wildman–Crippen MR) is 72.0 cm³/mol. The van der Waals surface area contributed by atoms with Gasteiger partial charge in [-0.2, -0.15) is 5.10 Å². The molecule has 0 atom stereocenters. The summed E-state index contributed by atoms with van der Waals surface area (Å²) in [6, 6.07) is 9.59. The molecule has 3 rings (SSSR count). The van der Waals surface area contributed by atoms with Crippen molar-refractivity contribution in [1.82, 2.24) is 19.3 Å². The molecule has 0 saturated carbocycles. The summed E-state index contributed by atoms with van der Waals surface area (Å²) < 4.78 is 3.55. The maximum Gasteiger partial charge on any atom is 0.188 e. The molecule has 0 spiro atoms. The standard InChI is InChI=1S/C14H14N4O/c1-17-11-6-4-3-5-10(11)16-14(17)9-13(19)12-7-8-15-18(12)2/h3-8H,9H2,1-2H3. The SMILES string of the molecule is Cn1nccc1C(=O)Cc1nc2ccccc2n1C. The second-order valence-corrected chi connectivity index (χ2v) is 4.52. The summed E-state index contributed by atoms with van der Waals surface area (Å²) in [5.74, 6) is 0.797. The maximum atomic E-state index is 12.2. The van der Waals surface area contributed by atoms with E-state index < -0.39 is 0 Å². The van der Waals surface area contributed by atoms with Crippen LogP contribution in [0.4, 0.5) is 0 Å². The first-order valence-electron chi connectivity index (χ1n) is 6.08. The number of fused-ring (bicyclic) bond motifs is 1. The van der Waals surface area contributed by atoms with E-state index in [2.05, 4.69) is 10.1 Å². The van der Waals surface area contributed by atoms with Gasteiger partial charge in [0.1, 0.15) is 11.5 Å². The highest BCUT2D eigenvalue weighted by molar-refractivity contribution is 5.96. The van der Waals surface area contributed by atoms with Crippen LogP contribution in [0.3, 0.4) is 0 Å². The van der Waals surface area contributed by atoms with Gasteiger partial charge in [0.25, 0.3) is 0 Å². The quantitative estimate of drug-likeness (QED) is 0.669. The average Bonchev–Trinajstić information content (AvgIpc) is 2.95. The van der Waals surface area contributed by atoms with Crippen molar-refractivity contribution in [3.05, 3.63) is 48.0 Å². The van der Waals surface area contributed by atoms with Crippen molar-refractivity contribution in [1.29, 1.82) is 0 Å². The number of carbonyl (C=O) groups excluding carboxylic acids is 1. The number of rotatable bonds is 3. The van der Waals surface area contributed by atoms with Gasteiger partial charge in [-0.05, 0) is 18.2 Å². The summed E-state index contributed by atoms with van der Waals surface area (Å²) in [4.78, 5) is 16.7. The van der Waals surface area contributed by atoms with Gasteiger partial charge in [-0.1, -0.05) is 12.1 Å². The van der Waals surface area contributed by atoms with Gasteiger partial charge in [0.2, 0.25) is 0 Å². The Labute approximate surface area is 110 Å². The van der Waals surface area contributed by atoms with Crippen molar-refractivity contribution in [3.8, 4) is 0 Å². The minimum absolute atomic E-state index is 0.0263. The molecule has 96 valence electrons. The van der Waals surface area contributed by atoms with Crippen LogP contribution in [0.1, 0.15) is 16.3 Å². The number of aryl methyl sites for hydroxylation is 2. The van der Waals surface area contributed by atoms with E-state index in [1.54, 1.807) is 24.0 Å². The first-order chi connectivity index (χ1) is 9.16. The topological polar surface area (TPSA) is 52.7 Å². The van der Waals surface area contributed by atoms with Crippen LogP contribution in [-0.4, -0.2) is 25.1 Å². The number of benzene rings is 1. The lowest BCUT2D eigenvalue weighted by Crippen LogP contribution is -2.12. The van der Waals surface area contributed by atoms with Gasteiger partial charge in [-0.25, -0.2) is 4.98 Å². The number of carbonyl (C=O) groups is 1. The van der Waals surface area contributed by atoms with Crippen molar-refractivity contribution >= 4 is 16.8 Å². The Morgan fingerprint density at radius 1 is 1.21 bits per heavy atom. The van der Waals surface area contributed by atoms with Gasteiger partial charge < -0.3 is 4.57 Å². The second-order valence-electron chi connectivity index (χ2n) is 4.52. The van der Waals surface area contributed by atoms with E-state index in [-0.39, 0.29) is 12.2 Å². The zero-order valence-electron chi connectivity index (χ0n) is 10.9. The smallest absolute Gasteiger partial charge is 0.188 e. The van der Waals surface area contributed by atoms with Crippen LogP contribution in [0.2, 0.25) is 0 Å². The van der Waals surface area contributed by atoms with Crippen LogP contribution in [-0.2, 0) is 20.5 Å². The van der Waals surface area contributed by atoms with Gasteiger partial charge in [-0.3, -0.25) is 9.48 Å². The van der Waals surface area contributed by atoms with Crippen LogP contribution in [0, 0.1) is 0 Å². The molecule has 2 aromatic heterocycles. The van der Waals surface area contributed by atoms with Crippen LogP contribution in [0.25, 0.3) is 11.0 Å². The van der Waals surface area contributed by atoms with Gasteiger partial charge in [0.05, 0.1) is 17.5 Å². The zero-order valence-corrected chi connectivity index (χ0v) is 10.9. The molecule has 0 bridgehead atoms. The third-order valence-electron chi connectivity index (χ3n) is 3.31. The molecule has 1 aromatic carbocycles. The molecule has 0 aliphatic carbocycles. The van der Waals surface area contributed by atoms with Crippen LogP contribution >= 0.6 is 0 Å². The van der Waals surface area contributed by atoms with Gasteiger partial charge >= 0.3 is 0 Å². The minimum Gasteiger partial charge on any atom is -0.331 e. The van der Waals surface area contributed by atoms with Crippen molar-refractivity contribution in [2.75, 3.05) is 0 Å². The molecule has 5 heteroatoms. The number of para-hydroxylation sites is 2. The highest BCUT2D eigenvalue weighted by atomic mass is 16.1. The van der Waals surface area contributed by atoms with E-state index >= 15 is 0 Å². The fourth-order valence-corrected chi connectivity index (χ4v) is 2.24. The molecule has 0 fully saturated rings. The molecule has 2 heterocycles. The van der Waals surface area contributed by atoms with Crippen molar-refractivity contribution in [2.24, 2.45) is 14.1 Å². The summed E-state index contributed by atoms with van der Waals surface area (Å²) in [7, 11) is 3.70. The average molecular weight is 254 g/mol. The number of nitrogens with zero attached hydrogens (tertiary/aromatic N) is 4. The van der Waals surface area contributed by atoms with E-state index in [4.69, 9.17) is 0 Å². The molecule has 0 N–H and O–H groups in total. The number of imidazole rings is 1. The number of aromatic nitrogens is 4. The number of hydrogen-bond acceptors (Lipinski definition) is 3. The fourth-order valence-electron chi connectivity index (χ4n) is 2.24. The highest BCUT2D eigenvalue weighted by Gasteiger charge is 2.15. The molecule has 19 heavy (non-hydrogen) atoms. The molecule has 0 radical (unpaired) electrons. The second kappa shape index (κ2) is 4.35. The van der Waals surface area contributed by atoms with Gasteiger partial charge in [0.15, 0.2) is 5.78 Å². The number of Topliss-reactive ketones (excluding diaryl/α,β-unsaturated/α-hetero) is 1. The Bertz CT molecular complexity index is 754. The van der Waals surface area contributed by atoms with Gasteiger partial charge in [0, 0.05) is 20.3 Å². The molecular weight excluding hydrogens is 240 g/mol. The third kappa shape index (κ3) is 1.93. The lowest BCUT2D eigenvalue weighted by Gasteiger charge is -2.02. The molecule has 5 nitrogen and oxygen atoms in total. The summed E-state index contributed by atoms with van der Waals surface area (Å²) >= 11 is 0. The molecule has 0 amide bonds. The van der Waals surface area contributed by atoms with Crippen molar-refractivity contribution in [3.63, 3.8) is 0 Å². The molecule has 3 aromatic rings. The zero-order chi connectivity index (χ0) is 13.4. The van der Waals surface area contributed by atoms with E-state index in [1.807, 2.05) is 35.9 Å². The molecule has 0 aliphatic rings. The molecule has 0 aliphatic heterocycles. The van der Waals surface area contributed by atoms with Crippen molar-refractivity contribution in [2.45, 2.75) is 6.42 Å². The van der Waals surface area contributed by atoms with Crippen LogP contribution < -0.4 is 0 Å². The van der Waals surface area contributed by atoms with E-state index in [1.165, 1.54) is 0 Å².